The Morgan fingerprint density at radius 3 is 2.84 bits per heavy atom. The highest BCUT2D eigenvalue weighted by atomic mass is 28.2. The number of hydrogen-bond donors (Lipinski definition) is 0. The topological polar surface area (TPSA) is 27.7 Å². The molecule has 1 aliphatic heterocycles. The van der Waals surface area contributed by atoms with Gasteiger partial charge in [0, 0.05) is 12.3 Å². The van der Waals surface area contributed by atoms with Crippen LogP contribution in [-0.4, -0.2) is 41.6 Å². The number of fused-ring (bicyclic) bond motifs is 2. The van der Waals surface area contributed by atoms with Gasteiger partial charge in [0.05, 0.1) is 25.9 Å². The summed E-state index contributed by atoms with van der Waals surface area (Å²) in [7, 11) is 2.99. The predicted octanol–water partition coefficient (Wildman–Crippen LogP) is 1.80. The molecule has 1 saturated heterocycles. The van der Waals surface area contributed by atoms with Gasteiger partial charge in [0.1, 0.15) is 11.8 Å². The maximum atomic E-state index is 13.9. The van der Waals surface area contributed by atoms with Crippen molar-refractivity contribution in [3.63, 3.8) is 0 Å². The molecule has 19 heavy (non-hydrogen) atoms. The smallest absolute Gasteiger partial charge is 0.246 e. The van der Waals surface area contributed by atoms with Crippen LogP contribution in [0.5, 0.6) is 0 Å². The Hall–Kier alpha value is -0.753. The van der Waals surface area contributed by atoms with Crippen molar-refractivity contribution in [2.75, 3.05) is 13.2 Å². The lowest BCUT2D eigenvalue weighted by Crippen LogP contribution is -2.43. The second-order valence-electron chi connectivity index (χ2n) is 5.27. The number of alkyl halides is 1. The molecule has 0 aromatic heterocycles. The summed E-state index contributed by atoms with van der Waals surface area (Å²) in [6, 6.07) is 9.89. The van der Waals surface area contributed by atoms with Crippen LogP contribution in [0.25, 0.3) is 0 Å². The van der Waals surface area contributed by atoms with Gasteiger partial charge in [-0.05, 0) is 5.56 Å². The summed E-state index contributed by atoms with van der Waals surface area (Å²) in [5, 5.41) is 0. The molecule has 1 aliphatic carbocycles. The molecule has 1 saturated carbocycles. The summed E-state index contributed by atoms with van der Waals surface area (Å²) in [4.78, 5) is 0. The standard InChI is InChI=1S/C14H16FO3Si/c15-12-6-14(9-18-19)13(11(12)8-17-14)16-7-10-4-2-1-3-5-10/h1-5,11-13H,6-9H2/t11-,12?,13-,14+/m1/s1. The van der Waals surface area contributed by atoms with Crippen molar-refractivity contribution in [1.82, 2.24) is 0 Å². The molecule has 5 heteroatoms. The van der Waals surface area contributed by atoms with E-state index in [1.807, 2.05) is 30.3 Å². The van der Waals surface area contributed by atoms with Crippen LogP contribution in [-0.2, 0) is 20.5 Å². The third kappa shape index (κ3) is 2.36. The van der Waals surface area contributed by atoms with E-state index in [0.29, 0.717) is 26.2 Å². The van der Waals surface area contributed by atoms with Gasteiger partial charge in [-0.3, -0.25) is 0 Å². The Labute approximate surface area is 115 Å². The molecule has 1 unspecified atom stereocenters. The molecule has 2 fully saturated rings. The van der Waals surface area contributed by atoms with Crippen molar-refractivity contribution < 1.29 is 18.3 Å². The first-order chi connectivity index (χ1) is 9.25. The van der Waals surface area contributed by atoms with Gasteiger partial charge in [0.15, 0.2) is 0 Å². The molecule has 4 atom stereocenters. The number of hydrogen-bond acceptors (Lipinski definition) is 3. The largest absolute Gasteiger partial charge is 0.416 e. The van der Waals surface area contributed by atoms with Crippen LogP contribution in [0.4, 0.5) is 4.39 Å². The summed E-state index contributed by atoms with van der Waals surface area (Å²) in [6.45, 7) is 1.19. The molecule has 3 nitrogen and oxygen atoms in total. The normalized spacial score (nSPS) is 36.8. The Balaban J connectivity index is 1.69. The van der Waals surface area contributed by atoms with E-state index in [2.05, 4.69) is 10.5 Å². The van der Waals surface area contributed by atoms with Crippen LogP contribution in [0.1, 0.15) is 12.0 Å². The van der Waals surface area contributed by atoms with E-state index >= 15 is 0 Å². The van der Waals surface area contributed by atoms with Gasteiger partial charge in [0.25, 0.3) is 0 Å². The van der Waals surface area contributed by atoms with E-state index in [-0.39, 0.29) is 12.0 Å². The fourth-order valence-electron chi connectivity index (χ4n) is 3.11. The minimum absolute atomic E-state index is 0.175. The minimum Gasteiger partial charge on any atom is -0.416 e. The lowest BCUT2D eigenvalue weighted by Gasteiger charge is -2.30. The first-order valence-electron chi connectivity index (χ1n) is 6.47. The zero-order valence-electron chi connectivity index (χ0n) is 10.5. The SMILES string of the molecule is FC1C[C@@]2(CO[Si])OC[C@H]1[C@H]2OCc1ccccc1. The van der Waals surface area contributed by atoms with Gasteiger partial charge >= 0.3 is 0 Å². The van der Waals surface area contributed by atoms with Gasteiger partial charge < -0.3 is 13.9 Å². The van der Waals surface area contributed by atoms with Crippen molar-refractivity contribution >= 4 is 10.5 Å². The lowest BCUT2D eigenvalue weighted by molar-refractivity contribution is -0.109. The highest BCUT2D eigenvalue weighted by molar-refractivity contribution is 5.98. The average molecular weight is 279 g/mol. The second-order valence-corrected chi connectivity index (χ2v) is 5.55. The van der Waals surface area contributed by atoms with Crippen LogP contribution in [0.2, 0.25) is 0 Å². The molecule has 1 heterocycles. The predicted molar refractivity (Wildman–Crippen MR) is 68.4 cm³/mol. The molecule has 0 N–H and O–H groups in total. The summed E-state index contributed by atoms with van der Waals surface area (Å²) in [5.74, 6) is -0.175. The van der Waals surface area contributed by atoms with Crippen molar-refractivity contribution in [3.8, 4) is 0 Å². The Kier molecular flexibility index (Phi) is 3.71. The van der Waals surface area contributed by atoms with Crippen molar-refractivity contribution in [2.45, 2.75) is 30.9 Å². The minimum atomic E-state index is -0.864. The van der Waals surface area contributed by atoms with Gasteiger partial charge in [-0.25, -0.2) is 4.39 Å². The van der Waals surface area contributed by atoms with E-state index in [0.717, 1.165) is 5.56 Å². The van der Waals surface area contributed by atoms with E-state index in [1.54, 1.807) is 0 Å². The van der Waals surface area contributed by atoms with E-state index in [9.17, 15) is 4.39 Å². The average Bonchev–Trinajstić information content (AvgIpc) is 2.88. The highest BCUT2D eigenvalue weighted by Gasteiger charge is 2.61. The molecular formula is C14H16FO3Si. The molecule has 0 spiro atoms. The van der Waals surface area contributed by atoms with Crippen molar-refractivity contribution in [2.24, 2.45) is 5.92 Å². The van der Waals surface area contributed by atoms with Crippen LogP contribution in [0, 0.1) is 5.92 Å². The van der Waals surface area contributed by atoms with Crippen molar-refractivity contribution in [3.05, 3.63) is 35.9 Å². The molecule has 3 radical (unpaired) electrons. The lowest BCUT2D eigenvalue weighted by atomic mass is 10.0. The molecule has 101 valence electrons. The van der Waals surface area contributed by atoms with Crippen molar-refractivity contribution in [1.29, 1.82) is 0 Å². The summed E-state index contributed by atoms with van der Waals surface area (Å²) in [6.07, 6.45) is -0.753. The second kappa shape index (κ2) is 5.32. The quantitative estimate of drug-likeness (QED) is 0.769. The van der Waals surface area contributed by atoms with Gasteiger partial charge in [0.2, 0.25) is 10.5 Å². The van der Waals surface area contributed by atoms with Crippen LogP contribution in [0.3, 0.4) is 0 Å². The fourth-order valence-corrected chi connectivity index (χ4v) is 3.36. The number of benzene rings is 1. The van der Waals surface area contributed by atoms with Crippen LogP contribution >= 0.6 is 0 Å². The molecule has 1 aromatic carbocycles. The van der Waals surface area contributed by atoms with Crippen LogP contribution in [0.15, 0.2) is 30.3 Å². The highest BCUT2D eigenvalue weighted by Crippen LogP contribution is 2.48. The molecular weight excluding hydrogens is 263 g/mol. The van der Waals surface area contributed by atoms with Gasteiger partial charge in [-0.1, -0.05) is 30.3 Å². The zero-order valence-corrected chi connectivity index (χ0v) is 11.5. The summed E-state index contributed by atoms with van der Waals surface area (Å²) in [5.41, 5.74) is 0.444. The third-order valence-electron chi connectivity index (χ3n) is 4.06. The fraction of sp³-hybridized carbons (Fsp3) is 0.571. The molecule has 3 rings (SSSR count). The molecule has 0 amide bonds. The Morgan fingerprint density at radius 2 is 2.16 bits per heavy atom. The summed E-state index contributed by atoms with van der Waals surface area (Å²) < 4.78 is 30.6. The van der Waals surface area contributed by atoms with E-state index in [4.69, 9.17) is 13.9 Å². The zero-order chi connectivity index (χ0) is 13.3. The molecule has 1 aromatic rings. The number of halogens is 1. The van der Waals surface area contributed by atoms with Gasteiger partial charge in [-0.15, -0.1) is 0 Å². The Bertz CT molecular complexity index is 430. The molecule has 2 bridgehead atoms. The first kappa shape index (κ1) is 13.2. The van der Waals surface area contributed by atoms with Gasteiger partial charge in [-0.2, -0.15) is 0 Å². The molecule has 2 aliphatic rings. The van der Waals surface area contributed by atoms with Crippen LogP contribution < -0.4 is 0 Å². The maximum absolute atomic E-state index is 13.9. The van der Waals surface area contributed by atoms with E-state index in [1.165, 1.54) is 0 Å². The monoisotopic (exact) mass is 279 g/mol. The first-order valence-corrected chi connectivity index (χ1v) is 6.88. The number of rotatable bonds is 5. The maximum Gasteiger partial charge on any atom is 0.246 e. The van der Waals surface area contributed by atoms with E-state index < -0.39 is 11.8 Å². The number of ether oxygens (including phenoxy) is 2. The Morgan fingerprint density at radius 1 is 1.37 bits per heavy atom. The third-order valence-corrected chi connectivity index (χ3v) is 4.21. The summed E-state index contributed by atoms with van der Waals surface area (Å²) >= 11 is 0.